The molecule has 116 valence electrons. The number of hydrogen-bond donors (Lipinski definition) is 0. The molecule has 0 aliphatic carbocycles. The first-order valence-corrected chi connectivity index (χ1v) is 8.50. The van der Waals surface area contributed by atoms with E-state index in [0.29, 0.717) is 0 Å². The van der Waals surface area contributed by atoms with Gasteiger partial charge in [-0.25, -0.2) is 0 Å². The molecular weight excluding hydrogens is 304 g/mol. The van der Waals surface area contributed by atoms with Crippen molar-refractivity contribution in [2.75, 3.05) is 0 Å². The predicted molar refractivity (Wildman–Crippen MR) is 105 cm³/mol. The lowest BCUT2D eigenvalue weighted by Gasteiger charge is -2.11. The molecule has 0 radical (unpaired) electrons. The standard InChI is InChI=1S/C23H14N2/c1-3-8-17-15(6-1)11-12-19-21(17)23-18-9-4-2-7-16(18)14-25(23)20-10-5-13-24-22(19)20/h1-14H. The van der Waals surface area contributed by atoms with Gasteiger partial charge in [0.2, 0.25) is 0 Å². The van der Waals surface area contributed by atoms with E-state index in [1.165, 1.54) is 37.8 Å². The molecule has 0 unspecified atom stereocenters. The molecule has 0 saturated heterocycles. The Labute approximate surface area is 143 Å². The molecule has 0 bridgehead atoms. The predicted octanol–water partition coefficient (Wildman–Crippen LogP) is 5.95. The van der Waals surface area contributed by atoms with Crippen LogP contribution in [0.3, 0.4) is 0 Å². The third kappa shape index (κ3) is 1.61. The second-order valence-electron chi connectivity index (χ2n) is 6.52. The normalized spacial score (nSPS) is 12.0. The summed E-state index contributed by atoms with van der Waals surface area (Å²) in [6.07, 6.45) is 4.11. The molecule has 3 aromatic heterocycles. The van der Waals surface area contributed by atoms with Gasteiger partial charge in [-0.3, -0.25) is 4.98 Å². The quantitative estimate of drug-likeness (QED) is 0.316. The summed E-state index contributed by atoms with van der Waals surface area (Å²) in [5.74, 6) is 0. The van der Waals surface area contributed by atoms with Crippen molar-refractivity contribution in [1.29, 1.82) is 0 Å². The Kier molecular flexibility index (Phi) is 2.37. The van der Waals surface area contributed by atoms with E-state index in [-0.39, 0.29) is 0 Å². The van der Waals surface area contributed by atoms with Gasteiger partial charge in [-0.1, -0.05) is 60.7 Å². The molecule has 0 spiro atoms. The van der Waals surface area contributed by atoms with E-state index in [0.717, 1.165) is 11.0 Å². The minimum Gasteiger partial charge on any atom is -0.313 e. The SMILES string of the molecule is c1ccc2c(c1)ccc1c3ncccc3n3cc4ccccc4c3c21. The van der Waals surface area contributed by atoms with Crippen molar-refractivity contribution in [3.8, 4) is 0 Å². The van der Waals surface area contributed by atoms with Crippen molar-refractivity contribution in [3.63, 3.8) is 0 Å². The Morgan fingerprint density at radius 1 is 0.640 bits per heavy atom. The first-order valence-electron chi connectivity index (χ1n) is 8.50. The van der Waals surface area contributed by atoms with E-state index in [1.807, 2.05) is 12.3 Å². The van der Waals surface area contributed by atoms with Crippen LogP contribution >= 0.6 is 0 Å². The summed E-state index contributed by atoms with van der Waals surface area (Å²) in [7, 11) is 0. The van der Waals surface area contributed by atoms with E-state index < -0.39 is 0 Å². The van der Waals surface area contributed by atoms with Crippen molar-refractivity contribution in [3.05, 3.63) is 85.2 Å². The fourth-order valence-electron chi connectivity index (χ4n) is 4.13. The molecule has 0 fully saturated rings. The summed E-state index contributed by atoms with van der Waals surface area (Å²) in [6, 6.07) is 25.8. The van der Waals surface area contributed by atoms with Gasteiger partial charge in [0, 0.05) is 33.9 Å². The number of benzene rings is 3. The molecule has 0 saturated carbocycles. The molecule has 0 aliphatic rings. The highest BCUT2D eigenvalue weighted by Gasteiger charge is 2.14. The van der Waals surface area contributed by atoms with Crippen LogP contribution in [-0.2, 0) is 0 Å². The van der Waals surface area contributed by atoms with Crippen LogP contribution in [0.25, 0.3) is 48.9 Å². The first-order chi connectivity index (χ1) is 12.4. The summed E-state index contributed by atoms with van der Waals surface area (Å²) in [6.45, 7) is 0. The third-order valence-corrected chi connectivity index (χ3v) is 5.19. The van der Waals surface area contributed by atoms with Crippen molar-refractivity contribution in [2.24, 2.45) is 0 Å². The highest BCUT2D eigenvalue weighted by atomic mass is 14.9. The Bertz CT molecular complexity index is 1440. The maximum absolute atomic E-state index is 4.72. The first kappa shape index (κ1) is 13.0. The highest BCUT2D eigenvalue weighted by molar-refractivity contribution is 6.26. The van der Waals surface area contributed by atoms with E-state index >= 15 is 0 Å². The minimum atomic E-state index is 1.05. The summed E-state index contributed by atoms with van der Waals surface area (Å²) in [5.41, 5.74) is 3.47. The van der Waals surface area contributed by atoms with Gasteiger partial charge in [-0.2, -0.15) is 0 Å². The smallest absolute Gasteiger partial charge is 0.0949 e. The molecule has 3 heterocycles. The summed E-state index contributed by atoms with van der Waals surface area (Å²) < 4.78 is 2.31. The molecule has 6 aromatic rings. The number of aromatic nitrogens is 2. The Morgan fingerprint density at radius 2 is 1.44 bits per heavy atom. The lowest BCUT2D eigenvalue weighted by atomic mass is 9.99. The van der Waals surface area contributed by atoms with Crippen LogP contribution in [0, 0.1) is 0 Å². The van der Waals surface area contributed by atoms with E-state index in [4.69, 9.17) is 4.98 Å². The molecular formula is C23H14N2. The van der Waals surface area contributed by atoms with Crippen LogP contribution in [0.2, 0.25) is 0 Å². The fourth-order valence-corrected chi connectivity index (χ4v) is 4.13. The van der Waals surface area contributed by atoms with E-state index in [2.05, 4.69) is 77.3 Å². The van der Waals surface area contributed by atoms with Crippen LogP contribution < -0.4 is 0 Å². The zero-order chi connectivity index (χ0) is 16.4. The molecule has 25 heavy (non-hydrogen) atoms. The zero-order valence-corrected chi connectivity index (χ0v) is 13.5. The van der Waals surface area contributed by atoms with Crippen LogP contribution in [0.15, 0.2) is 85.2 Å². The van der Waals surface area contributed by atoms with Gasteiger partial charge < -0.3 is 4.40 Å². The van der Waals surface area contributed by atoms with Gasteiger partial charge in [-0.15, -0.1) is 0 Å². The number of hydrogen-bond acceptors (Lipinski definition) is 1. The largest absolute Gasteiger partial charge is 0.313 e. The second kappa shape index (κ2) is 4.58. The number of nitrogens with zero attached hydrogens (tertiary/aromatic N) is 2. The van der Waals surface area contributed by atoms with Crippen molar-refractivity contribution < 1.29 is 0 Å². The van der Waals surface area contributed by atoms with Gasteiger partial charge in [0.1, 0.15) is 0 Å². The van der Waals surface area contributed by atoms with Crippen molar-refractivity contribution >= 4 is 48.9 Å². The van der Waals surface area contributed by atoms with Gasteiger partial charge in [0.05, 0.1) is 16.6 Å². The topological polar surface area (TPSA) is 17.3 Å². The average molecular weight is 318 g/mol. The molecule has 6 rings (SSSR count). The van der Waals surface area contributed by atoms with Gasteiger partial charge in [-0.05, 0) is 22.9 Å². The van der Waals surface area contributed by atoms with Crippen molar-refractivity contribution in [1.82, 2.24) is 9.38 Å². The summed E-state index contributed by atoms with van der Waals surface area (Å²) in [4.78, 5) is 4.72. The molecule has 0 atom stereocenters. The Balaban J connectivity index is 2.09. The van der Waals surface area contributed by atoms with Crippen LogP contribution in [0.4, 0.5) is 0 Å². The maximum Gasteiger partial charge on any atom is 0.0949 e. The molecule has 2 heteroatoms. The Hall–Kier alpha value is -3.39. The lowest BCUT2D eigenvalue weighted by Crippen LogP contribution is -1.92. The van der Waals surface area contributed by atoms with Gasteiger partial charge in [0.15, 0.2) is 0 Å². The fraction of sp³-hybridized carbons (Fsp3) is 0. The molecule has 3 aromatic carbocycles. The monoisotopic (exact) mass is 318 g/mol. The summed E-state index contributed by atoms with van der Waals surface area (Å²) in [5, 5.41) is 7.58. The van der Waals surface area contributed by atoms with Crippen LogP contribution in [-0.4, -0.2) is 9.38 Å². The van der Waals surface area contributed by atoms with E-state index in [1.54, 1.807) is 0 Å². The lowest BCUT2D eigenvalue weighted by molar-refractivity contribution is 1.27. The number of pyridine rings is 2. The van der Waals surface area contributed by atoms with Crippen LogP contribution in [0.1, 0.15) is 0 Å². The third-order valence-electron chi connectivity index (χ3n) is 5.19. The number of fused-ring (bicyclic) bond motifs is 10. The van der Waals surface area contributed by atoms with Gasteiger partial charge >= 0.3 is 0 Å². The zero-order valence-electron chi connectivity index (χ0n) is 13.5. The second-order valence-corrected chi connectivity index (χ2v) is 6.52. The maximum atomic E-state index is 4.72. The minimum absolute atomic E-state index is 1.05. The molecule has 2 nitrogen and oxygen atoms in total. The van der Waals surface area contributed by atoms with Crippen LogP contribution in [0.5, 0.6) is 0 Å². The van der Waals surface area contributed by atoms with E-state index in [9.17, 15) is 0 Å². The molecule has 0 aliphatic heterocycles. The summed E-state index contributed by atoms with van der Waals surface area (Å²) >= 11 is 0. The Morgan fingerprint density at radius 3 is 2.36 bits per heavy atom. The van der Waals surface area contributed by atoms with Crippen molar-refractivity contribution in [2.45, 2.75) is 0 Å². The molecule has 0 N–H and O–H groups in total. The average Bonchev–Trinajstić information content (AvgIpc) is 3.07. The number of rotatable bonds is 0. The highest BCUT2D eigenvalue weighted by Crippen LogP contribution is 2.37. The van der Waals surface area contributed by atoms with Gasteiger partial charge in [0.25, 0.3) is 0 Å². The molecule has 0 amide bonds.